The molecule has 3 aliphatic rings. The van der Waals surface area contributed by atoms with Crippen molar-refractivity contribution in [3.05, 3.63) is 142 Å². The van der Waals surface area contributed by atoms with Gasteiger partial charge in [-0.3, -0.25) is 14.4 Å². The van der Waals surface area contributed by atoms with Crippen molar-refractivity contribution in [1.82, 2.24) is 30.6 Å². The van der Waals surface area contributed by atoms with Gasteiger partial charge in [0, 0.05) is 61.9 Å². The molecule has 0 atom stereocenters. The number of Topliss-reactive ketones (excluding diaryl/α,β-unsaturated/α-hetero) is 1. The first kappa shape index (κ1) is 39.9. The third-order valence-electron chi connectivity index (χ3n) is 12.0. The van der Waals surface area contributed by atoms with E-state index in [-0.39, 0.29) is 17.6 Å². The number of carbonyl (C=O) groups is 3. The largest absolute Gasteiger partial charge is 0.348 e. The first-order chi connectivity index (χ1) is 28.7. The number of fused-ring (bicyclic) bond motifs is 2. The number of rotatable bonds is 8. The molecule has 3 fully saturated rings. The van der Waals surface area contributed by atoms with Gasteiger partial charge in [0.15, 0.2) is 17.1 Å². The summed E-state index contributed by atoms with van der Waals surface area (Å²) in [6, 6.07) is 28.2. The zero-order valence-electron chi connectivity index (χ0n) is 33.7. The van der Waals surface area contributed by atoms with Crippen molar-refractivity contribution in [3.8, 4) is 0 Å². The van der Waals surface area contributed by atoms with Gasteiger partial charge in [0.05, 0.1) is 35.7 Å². The maximum atomic E-state index is 12.7. The fourth-order valence-corrected chi connectivity index (χ4v) is 8.47. The van der Waals surface area contributed by atoms with Crippen LogP contribution < -0.4 is 10.6 Å². The van der Waals surface area contributed by atoms with Crippen LogP contribution in [0.25, 0.3) is 22.1 Å². The van der Waals surface area contributed by atoms with E-state index < -0.39 is 0 Å². The maximum Gasteiger partial charge on any atom is 0.253 e. The van der Waals surface area contributed by atoms with Crippen LogP contribution in [0.5, 0.6) is 0 Å². The molecule has 2 aromatic carbocycles. The summed E-state index contributed by atoms with van der Waals surface area (Å²) in [6.07, 6.45) is 10.8. The predicted molar refractivity (Wildman–Crippen MR) is 226 cm³/mol. The van der Waals surface area contributed by atoms with Crippen LogP contribution in [0.2, 0.25) is 0 Å². The number of nitrogens with one attached hydrogen (secondary N) is 2. The second kappa shape index (κ2) is 17.9. The van der Waals surface area contributed by atoms with E-state index in [0.717, 1.165) is 73.6 Å². The van der Waals surface area contributed by atoms with Gasteiger partial charge in [-0.15, -0.1) is 0 Å². The molecule has 5 heterocycles. The molecule has 11 nitrogen and oxygen atoms in total. The average molecular weight is 791 g/mol. The lowest BCUT2D eigenvalue weighted by molar-refractivity contribution is -0.178. The molecule has 1 saturated heterocycles. The summed E-state index contributed by atoms with van der Waals surface area (Å²) < 4.78 is 11.7. The molecule has 302 valence electrons. The highest BCUT2D eigenvalue weighted by molar-refractivity contribution is 5.99. The van der Waals surface area contributed by atoms with Gasteiger partial charge in [-0.25, -0.2) is 19.9 Å². The number of hydrogen-bond donors (Lipinski definition) is 2. The van der Waals surface area contributed by atoms with Crippen LogP contribution in [-0.4, -0.2) is 56.5 Å². The SMILES string of the molecule is Cc1nc2ncccc2cc1C(=O)NCc1ccc(C2CCC(=O)CC2)cc1.Cc1nc2ncccc2cc1C(=O)NCc1ccc(C2CCC3(CC2)OCCO3)cc1. The number of carbonyl (C=O) groups excluding carboxylic acids is 3. The van der Waals surface area contributed by atoms with Crippen LogP contribution in [0.15, 0.2) is 97.3 Å². The van der Waals surface area contributed by atoms with Gasteiger partial charge in [0.25, 0.3) is 11.8 Å². The third-order valence-corrected chi connectivity index (χ3v) is 12.0. The number of amides is 2. The van der Waals surface area contributed by atoms with Crippen LogP contribution in [0.3, 0.4) is 0 Å². The lowest BCUT2D eigenvalue weighted by atomic mass is 9.81. The Morgan fingerprint density at radius 3 is 1.54 bits per heavy atom. The topological polar surface area (TPSA) is 145 Å². The van der Waals surface area contributed by atoms with Crippen LogP contribution in [0.4, 0.5) is 0 Å². The van der Waals surface area contributed by atoms with E-state index in [0.29, 0.717) is 77.4 Å². The Morgan fingerprint density at radius 2 is 1.08 bits per heavy atom. The molecule has 1 spiro atoms. The lowest BCUT2D eigenvalue weighted by Gasteiger charge is -2.35. The van der Waals surface area contributed by atoms with Crippen molar-refractivity contribution in [2.45, 2.75) is 95.9 Å². The summed E-state index contributed by atoms with van der Waals surface area (Å²) in [5, 5.41) is 7.72. The molecule has 2 N–H and O–H groups in total. The minimum atomic E-state index is -0.313. The number of ether oxygens (including phenoxy) is 2. The molecule has 9 rings (SSSR count). The Labute approximate surface area is 344 Å². The zero-order valence-corrected chi connectivity index (χ0v) is 33.7. The number of ketones is 1. The molecule has 11 heteroatoms. The zero-order chi connectivity index (χ0) is 40.8. The van der Waals surface area contributed by atoms with Gasteiger partial charge in [-0.2, -0.15) is 0 Å². The molecule has 59 heavy (non-hydrogen) atoms. The van der Waals surface area contributed by atoms with Crippen molar-refractivity contribution in [2.24, 2.45) is 0 Å². The van der Waals surface area contributed by atoms with Crippen molar-refractivity contribution in [3.63, 3.8) is 0 Å². The highest BCUT2D eigenvalue weighted by Gasteiger charge is 2.40. The summed E-state index contributed by atoms with van der Waals surface area (Å²) in [7, 11) is 0. The second-order valence-corrected chi connectivity index (χ2v) is 15.9. The van der Waals surface area contributed by atoms with Crippen LogP contribution in [0.1, 0.15) is 118 Å². The molecule has 0 unspecified atom stereocenters. The molecule has 1 aliphatic heterocycles. The van der Waals surface area contributed by atoms with E-state index in [1.807, 2.05) is 50.2 Å². The van der Waals surface area contributed by atoms with Crippen LogP contribution in [0, 0.1) is 13.8 Å². The van der Waals surface area contributed by atoms with E-state index in [1.165, 1.54) is 11.1 Å². The predicted octanol–water partition coefficient (Wildman–Crippen LogP) is 8.36. The Hall–Kier alpha value is -5.91. The smallest absolute Gasteiger partial charge is 0.253 e. The third kappa shape index (κ3) is 9.53. The van der Waals surface area contributed by atoms with E-state index in [9.17, 15) is 14.4 Å². The van der Waals surface area contributed by atoms with E-state index in [1.54, 1.807) is 12.4 Å². The number of aryl methyl sites for hydroxylation is 2. The standard InChI is InChI=1S/C25H27N3O3.C23H23N3O2/c1-17-22(15-21-3-2-12-26-23(21)28-17)24(29)27-16-18-4-6-19(7-5-18)20-8-10-25(11-9-20)30-13-14-31-25;1-15-21(13-19-3-2-12-24-22(19)26-15)23(28)25-14-16-4-6-17(7-5-16)18-8-10-20(27)11-9-18/h2-7,12,15,20H,8-11,13-14,16H2,1H3,(H,27,29);2-7,12-13,18H,8-11,14H2,1H3,(H,25,28). The molecule has 2 aliphatic carbocycles. The highest BCUT2D eigenvalue weighted by atomic mass is 16.7. The van der Waals surface area contributed by atoms with Gasteiger partial charge in [0.1, 0.15) is 5.78 Å². The van der Waals surface area contributed by atoms with E-state index >= 15 is 0 Å². The maximum absolute atomic E-state index is 12.7. The van der Waals surface area contributed by atoms with Gasteiger partial charge >= 0.3 is 0 Å². The summed E-state index contributed by atoms with van der Waals surface area (Å²) in [6.45, 7) is 6.06. The first-order valence-electron chi connectivity index (χ1n) is 20.7. The van der Waals surface area contributed by atoms with Crippen molar-refractivity contribution in [2.75, 3.05) is 13.2 Å². The molecule has 4 aromatic heterocycles. The molecule has 0 bridgehead atoms. The second-order valence-electron chi connectivity index (χ2n) is 15.9. The van der Waals surface area contributed by atoms with Gasteiger partial charge in [-0.05, 0) is 110 Å². The van der Waals surface area contributed by atoms with Gasteiger partial charge in [0.2, 0.25) is 0 Å². The van der Waals surface area contributed by atoms with Crippen LogP contribution in [-0.2, 0) is 27.4 Å². The van der Waals surface area contributed by atoms with Gasteiger partial charge in [-0.1, -0.05) is 48.5 Å². The Bertz CT molecular complexity index is 2440. The van der Waals surface area contributed by atoms with Crippen molar-refractivity contribution < 1.29 is 23.9 Å². The summed E-state index contributed by atoms with van der Waals surface area (Å²) in [4.78, 5) is 54.1. The Kier molecular flexibility index (Phi) is 12.1. The molecule has 6 aromatic rings. The minimum Gasteiger partial charge on any atom is -0.348 e. The molecule has 2 amide bonds. The minimum absolute atomic E-state index is 0.117. The Morgan fingerprint density at radius 1 is 0.644 bits per heavy atom. The monoisotopic (exact) mass is 790 g/mol. The van der Waals surface area contributed by atoms with Gasteiger partial charge < -0.3 is 20.1 Å². The van der Waals surface area contributed by atoms with E-state index in [4.69, 9.17) is 9.47 Å². The fraction of sp³-hybridized carbons (Fsp3) is 0.354. The molecule has 0 radical (unpaired) electrons. The van der Waals surface area contributed by atoms with Crippen LogP contribution >= 0.6 is 0 Å². The first-order valence-corrected chi connectivity index (χ1v) is 20.7. The molecule has 2 saturated carbocycles. The summed E-state index contributed by atoms with van der Waals surface area (Å²) in [5.74, 6) is 0.833. The highest BCUT2D eigenvalue weighted by Crippen LogP contribution is 2.42. The number of hydrogen-bond acceptors (Lipinski definition) is 9. The quantitative estimate of drug-likeness (QED) is 0.155. The summed E-state index contributed by atoms with van der Waals surface area (Å²) >= 11 is 0. The number of nitrogens with zero attached hydrogens (tertiary/aromatic N) is 4. The number of benzene rings is 2. The fourth-order valence-electron chi connectivity index (χ4n) is 8.47. The van der Waals surface area contributed by atoms with Crippen molar-refractivity contribution >= 4 is 39.7 Å². The number of aromatic nitrogens is 4. The Balaban J connectivity index is 0.000000165. The number of pyridine rings is 4. The average Bonchev–Trinajstić information content (AvgIpc) is 3.73. The molecular weight excluding hydrogens is 741 g/mol. The summed E-state index contributed by atoms with van der Waals surface area (Å²) in [5.41, 5.74) is 8.60. The lowest BCUT2D eigenvalue weighted by Crippen LogP contribution is -2.34. The van der Waals surface area contributed by atoms with Crippen molar-refractivity contribution in [1.29, 1.82) is 0 Å². The van der Waals surface area contributed by atoms with E-state index in [2.05, 4.69) is 79.1 Å². The normalized spacial score (nSPS) is 16.8. The molecular formula is C48H50N6O5.